The first-order valence-corrected chi connectivity index (χ1v) is 12.3. The summed E-state index contributed by atoms with van der Waals surface area (Å²) in [4.78, 5) is -0.485. The highest BCUT2D eigenvalue weighted by atomic mass is 35.5. The Morgan fingerprint density at radius 3 is 1.75 bits per heavy atom. The summed E-state index contributed by atoms with van der Waals surface area (Å²) < 4.78 is 92.8. The number of rotatable bonds is 6. The molecule has 0 aromatic heterocycles. The molecule has 6 nitrogen and oxygen atoms in total. The predicted molar refractivity (Wildman–Crippen MR) is 116 cm³/mol. The van der Waals surface area contributed by atoms with Crippen molar-refractivity contribution < 1.29 is 30.0 Å². The van der Waals surface area contributed by atoms with Crippen molar-refractivity contribution in [3.63, 3.8) is 0 Å². The summed E-state index contributed by atoms with van der Waals surface area (Å²) in [5.74, 6) is 0. The van der Waals surface area contributed by atoms with Gasteiger partial charge in [-0.3, -0.25) is 9.44 Å². The summed E-state index contributed by atoms with van der Waals surface area (Å²) in [6.07, 6.45) is -4.63. The van der Waals surface area contributed by atoms with Gasteiger partial charge in [0, 0.05) is 21.4 Å². The topological polar surface area (TPSA) is 92.3 Å². The number of benzene rings is 3. The van der Waals surface area contributed by atoms with Gasteiger partial charge in [-0.05, 0) is 60.7 Å². The van der Waals surface area contributed by atoms with E-state index in [0.29, 0.717) is 6.07 Å². The van der Waals surface area contributed by atoms with Crippen molar-refractivity contribution in [1.82, 2.24) is 0 Å². The third-order valence-electron chi connectivity index (χ3n) is 4.01. The highest BCUT2D eigenvalue weighted by Gasteiger charge is 2.30. The number of alkyl halides is 3. The first kappa shape index (κ1) is 24.2. The molecule has 13 heteroatoms. The highest BCUT2D eigenvalue weighted by Crippen LogP contribution is 2.31. The van der Waals surface area contributed by atoms with Crippen LogP contribution in [0, 0.1) is 0 Å². The van der Waals surface area contributed by atoms with E-state index in [-0.39, 0.29) is 31.2 Å². The van der Waals surface area contributed by atoms with Gasteiger partial charge in [-0.2, -0.15) is 13.2 Å². The van der Waals surface area contributed by atoms with Crippen molar-refractivity contribution in [3.05, 3.63) is 82.3 Å². The molecule has 0 bridgehead atoms. The molecule has 0 unspecified atom stereocenters. The summed E-state index contributed by atoms with van der Waals surface area (Å²) in [5.41, 5.74) is -1.25. The minimum absolute atomic E-state index is 0.0408. The number of nitrogens with one attached hydrogen (secondary N) is 2. The Balaban J connectivity index is 1.80. The van der Waals surface area contributed by atoms with E-state index in [9.17, 15) is 30.0 Å². The van der Waals surface area contributed by atoms with Gasteiger partial charge < -0.3 is 0 Å². The van der Waals surface area contributed by atoms with Gasteiger partial charge in [0.25, 0.3) is 20.0 Å². The van der Waals surface area contributed by atoms with Crippen LogP contribution < -0.4 is 9.44 Å². The zero-order valence-electron chi connectivity index (χ0n) is 15.7. The Hall–Kier alpha value is -2.47. The number of anilines is 2. The number of hydrogen-bond donors (Lipinski definition) is 2. The second-order valence-corrected chi connectivity index (χ2v) is 10.7. The van der Waals surface area contributed by atoms with Crippen LogP contribution in [0.2, 0.25) is 10.0 Å². The average molecular weight is 525 g/mol. The van der Waals surface area contributed by atoms with E-state index in [0.717, 1.165) is 24.3 Å². The fourth-order valence-electron chi connectivity index (χ4n) is 2.57. The van der Waals surface area contributed by atoms with Gasteiger partial charge in [0.15, 0.2) is 0 Å². The largest absolute Gasteiger partial charge is 0.416 e. The standard InChI is InChI=1S/C19H13Cl2F3N2O4S2/c20-13-9-14(21)11-18(10-13)32(29,30)25-15-4-6-17(7-5-15)31(27,28)26-16-3-1-2-12(8-16)19(22,23)24/h1-11,25-26H. The first-order chi connectivity index (χ1) is 14.8. The molecule has 0 saturated heterocycles. The zero-order valence-corrected chi connectivity index (χ0v) is 18.8. The van der Waals surface area contributed by atoms with E-state index in [1.54, 1.807) is 0 Å². The summed E-state index contributed by atoms with van der Waals surface area (Å²) in [6, 6.07) is 12.0. The Labute approximate surface area is 192 Å². The van der Waals surface area contributed by atoms with Crippen LogP contribution in [0.1, 0.15) is 5.56 Å². The molecular weight excluding hydrogens is 512 g/mol. The van der Waals surface area contributed by atoms with Crippen LogP contribution in [0.5, 0.6) is 0 Å². The van der Waals surface area contributed by atoms with Crippen molar-refractivity contribution in [2.75, 3.05) is 9.44 Å². The molecule has 3 aromatic carbocycles. The van der Waals surface area contributed by atoms with Crippen molar-refractivity contribution in [2.24, 2.45) is 0 Å². The van der Waals surface area contributed by atoms with Gasteiger partial charge in [0.2, 0.25) is 0 Å². The third kappa shape index (κ3) is 5.85. The van der Waals surface area contributed by atoms with Crippen LogP contribution in [-0.4, -0.2) is 16.8 Å². The van der Waals surface area contributed by atoms with E-state index < -0.39 is 31.8 Å². The molecule has 3 rings (SSSR count). The zero-order chi connectivity index (χ0) is 23.7. The van der Waals surface area contributed by atoms with Crippen molar-refractivity contribution in [2.45, 2.75) is 16.0 Å². The lowest BCUT2D eigenvalue weighted by molar-refractivity contribution is -0.137. The van der Waals surface area contributed by atoms with Crippen LogP contribution >= 0.6 is 23.2 Å². The first-order valence-electron chi connectivity index (χ1n) is 8.55. The Bertz CT molecular complexity index is 1340. The molecule has 2 N–H and O–H groups in total. The van der Waals surface area contributed by atoms with Gasteiger partial charge in [0.1, 0.15) is 0 Å². The summed E-state index contributed by atoms with van der Waals surface area (Å²) >= 11 is 11.6. The molecule has 0 atom stereocenters. The molecule has 0 saturated carbocycles. The minimum atomic E-state index is -4.63. The second-order valence-electron chi connectivity index (χ2n) is 6.42. The van der Waals surface area contributed by atoms with Crippen LogP contribution in [-0.2, 0) is 26.2 Å². The molecule has 0 amide bonds. The van der Waals surface area contributed by atoms with E-state index in [4.69, 9.17) is 23.2 Å². The minimum Gasteiger partial charge on any atom is -0.280 e. The maximum Gasteiger partial charge on any atom is 0.416 e. The maximum absolute atomic E-state index is 12.8. The van der Waals surface area contributed by atoms with Crippen LogP contribution in [0.25, 0.3) is 0 Å². The van der Waals surface area contributed by atoms with E-state index >= 15 is 0 Å². The molecule has 0 spiro atoms. The maximum atomic E-state index is 12.8. The second kappa shape index (κ2) is 8.81. The summed E-state index contributed by atoms with van der Waals surface area (Å²) in [5, 5.41) is 0.222. The van der Waals surface area contributed by atoms with E-state index in [1.165, 1.54) is 36.4 Å². The van der Waals surface area contributed by atoms with E-state index in [1.807, 2.05) is 0 Å². The molecular formula is C19H13Cl2F3N2O4S2. The smallest absolute Gasteiger partial charge is 0.280 e. The molecule has 0 aliphatic heterocycles. The van der Waals surface area contributed by atoms with Gasteiger partial charge in [0.05, 0.1) is 15.4 Å². The number of halogens is 5. The lowest BCUT2D eigenvalue weighted by Crippen LogP contribution is -2.15. The van der Waals surface area contributed by atoms with Gasteiger partial charge >= 0.3 is 6.18 Å². The van der Waals surface area contributed by atoms with Crippen molar-refractivity contribution >= 4 is 54.6 Å². The average Bonchev–Trinajstić information content (AvgIpc) is 2.66. The molecule has 170 valence electrons. The van der Waals surface area contributed by atoms with E-state index in [2.05, 4.69) is 9.44 Å². The quantitative estimate of drug-likeness (QED) is 0.438. The third-order valence-corrected chi connectivity index (χ3v) is 7.20. The summed E-state index contributed by atoms with van der Waals surface area (Å²) in [7, 11) is -8.29. The number of hydrogen-bond acceptors (Lipinski definition) is 4. The molecule has 0 fully saturated rings. The molecule has 0 radical (unpaired) electrons. The lowest BCUT2D eigenvalue weighted by atomic mass is 10.2. The van der Waals surface area contributed by atoms with Crippen molar-refractivity contribution in [1.29, 1.82) is 0 Å². The van der Waals surface area contributed by atoms with Gasteiger partial charge in [-0.25, -0.2) is 16.8 Å². The Morgan fingerprint density at radius 1 is 0.656 bits per heavy atom. The molecule has 32 heavy (non-hydrogen) atoms. The normalized spacial score (nSPS) is 12.4. The molecule has 3 aromatic rings. The molecule has 0 aliphatic carbocycles. The predicted octanol–water partition coefficient (Wildman–Crippen LogP) is 5.61. The number of sulfonamides is 2. The van der Waals surface area contributed by atoms with Crippen LogP contribution in [0.15, 0.2) is 76.5 Å². The highest BCUT2D eigenvalue weighted by molar-refractivity contribution is 7.93. The van der Waals surface area contributed by atoms with Gasteiger partial charge in [-0.1, -0.05) is 29.3 Å². The Kier molecular flexibility index (Phi) is 6.66. The van der Waals surface area contributed by atoms with Gasteiger partial charge in [-0.15, -0.1) is 0 Å². The fraction of sp³-hybridized carbons (Fsp3) is 0.0526. The summed E-state index contributed by atoms with van der Waals surface area (Å²) in [6.45, 7) is 0. The van der Waals surface area contributed by atoms with Crippen LogP contribution in [0.4, 0.5) is 24.5 Å². The SMILES string of the molecule is O=S(=O)(Nc1cccc(C(F)(F)F)c1)c1ccc(NS(=O)(=O)c2cc(Cl)cc(Cl)c2)cc1. The van der Waals surface area contributed by atoms with Crippen LogP contribution in [0.3, 0.4) is 0 Å². The fourth-order valence-corrected chi connectivity index (χ4v) is 5.41. The Morgan fingerprint density at radius 2 is 1.19 bits per heavy atom. The monoisotopic (exact) mass is 524 g/mol. The molecule has 0 aliphatic rings. The van der Waals surface area contributed by atoms with Crippen molar-refractivity contribution in [3.8, 4) is 0 Å². The lowest BCUT2D eigenvalue weighted by Gasteiger charge is -2.12. The molecule has 0 heterocycles.